The van der Waals surface area contributed by atoms with E-state index in [0.717, 1.165) is 32.0 Å². The van der Waals surface area contributed by atoms with Gasteiger partial charge < -0.3 is 20.6 Å². The molecule has 5 nitrogen and oxygen atoms in total. The lowest BCUT2D eigenvalue weighted by atomic mass is 9.99. The number of amides is 2. The quantitative estimate of drug-likeness (QED) is 0.668. The molecule has 2 fully saturated rings. The highest BCUT2D eigenvalue weighted by atomic mass is 16.3. The molecule has 0 aromatic heterocycles. The van der Waals surface area contributed by atoms with E-state index in [1.165, 1.54) is 25.7 Å². The summed E-state index contributed by atoms with van der Waals surface area (Å²) < 4.78 is 0. The van der Waals surface area contributed by atoms with Crippen LogP contribution in [0.5, 0.6) is 0 Å². The van der Waals surface area contributed by atoms with Crippen molar-refractivity contribution >= 4 is 6.03 Å². The molecule has 3 N–H and O–H groups in total. The fourth-order valence-electron chi connectivity index (χ4n) is 2.98. The maximum Gasteiger partial charge on any atom is 0.314 e. The van der Waals surface area contributed by atoms with Gasteiger partial charge in [-0.1, -0.05) is 13.8 Å². The number of nitrogens with zero attached hydrogens (tertiary/aromatic N) is 1. The van der Waals surface area contributed by atoms with Crippen LogP contribution >= 0.6 is 0 Å². The van der Waals surface area contributed by atoms with Gasteiger partial charge in [0, 0.05) is 19.6 Å². The molecular formula is C16H31N3O2. The maximum atomic E-state index is 11.7. The van der Waals surface area contributed by atoms with E-state index in [1.54, 1.807) is 0 Å². The van der Waals surface area contributed by atoms with Gasteiger partial charge in [0.1, 0.15) is 0 Å². The van der Waals surface area contributed by atoms with Crippen LogP contribution in [0.4, 0.5) is 4.79 Å². The molecule has 1 heterocycles. The Bertz CT molecular complexity index is 336. The van der Waals surface area contributed by atoms with Gasteiger partial charge in [-0.25, -0.2) is 4.79 Å². The number of urea groups is 1. The van der Waals surface area contributed by atoms with Crippen molar-refractivity contribution in [1.29, 1.82) is 0 Å². The Labute approximate surface area is 128 Å². The average molecular weight is 297 g/mol. The smallest absolute Gasteiger partial charge is 0.314 e. The van der Waals surface area contributed by atoms with Gasteiger partial charge in [-0.3, -0.25) is 0 Å². The molecule has 0 aromatic carbocycles. The first-order chi connectivity index (χ1) is 10.0. The van der Waals surface area contributed by atoms with Gasteiger partial charge >= 0.3 is 6.03 Å². The van der Waals surface area contributed by atoms with Crippen molar-refractivity contribution in [2.75, 3.05) is 32.7 Å². The van der Waals surface area contributed by atoms with Crippen LogP contribution in [-0.4, -0.2) is 54.9 Å². The summed E-state index contributed by atoms with van der Waals surface area (Å²) in [5.41, 5.74) is 0.362. The Hall–Kier alpha value is -0.810. The van der Waals surface area contributed by atoms with Gasteiger partial charge in [-0.2, -0.15) is 0 Å². The minimum absolute atomic E-state index is 0.152. The zero-order chi connectivity index (χ0) is 15.3. The third-order valence-corrected chi connectivity index (χ3v) is 5.17. The minimum Gasteiger partial charge on any atom is -0.390 e. The summed E-state index contributed by atoms with van der Waals surface area (Å²) in [5.74, 6) is 0.801. The Morgan fingerprint density at radius 3 is 2.57 bits per heavy atom. The average Bonchev–Trinajstić information content (AvgIpc) is 3.26. The van der Waals surface area contributed by atoms with E-state index >= 15 is 0 Å². The number of rotatable bonds is 7. The van der Waals surface area contributed by atoms with E-state index in [2.05, 4.69) is 29.4 Å². The first kappa shape index (κ1) is 16.6. The fraction of sp³-hybridized carbons (Fsp3) is 0.938. The number of aliphatic hydroxyl groups excluding tert-OH is 1. The predicted molar refractivity (Wildman–Crippen MR) is 84.2 cm³/mol. The Morgan fingerprint density at radius 2 is 2.00 bits per heavy atom. The number of nitrogens with one attached hydrogen (secondary N) is 2. The second kappa shape index (κ2) is 7.45. The molecule has 0 spiro atoms. The Kier molecular flexibility index (Phi) is 5.88. The van der Waals surface area contributed by atoms with Crippen molar-refractivity contribution in [2.45, 2.75) is 52.1 Å². The number of hydrogen-bond acceptors (Lipinski definition) is 3. The summed E-state index contributed by atoms with van der Waals surface area (Å²) in [7, 11) is 0. The van der Waals surface area contributed by atoms with E-state index in [1.807, 2.05) is 0 Å². The molecule has 0 bridgehead atoms. The van der Waals surface area contributed by atoms with Crippen LogP contribution in [0.3, 0.4) is 0 Å². The lowest BCUT2D eigenvalue weighted by Crippen LogP contribution is -2.46. The molecule has 2 aliphatic rings. The number of likely N-dealkylation sites (tertiary alicyclic amines) is 1. The predicted octanol–water partition coefficient (Wildman–Crippen LogP) is 1.57. The molecule has 122 valence electrons. The molecule has 1 atom stereocenters. The van der Waals surface area contributed by atoms with Crippen LogP contribution in [0.2, 0.25) is 0 Å². The van der Waals surface area contributed by atoms with Crippen LogP contribution in [0, 0.1) is 11.3 Å². The number of hydrogen-bond donors (Lipinski definition) is 3. The van der Waals surface area contributed by atoms with Crippen LogP contribution in [0.25, 0.3) is 0 Å². The zero-order valence-corrected chi connectivity index (χ0v) is 13.5. The van der Waals surface area contributed by atoms with Gasteiger partial charge in [0.05, 0.1) is 6.10 Å². The topological polar surface area (TPSA) is 64.6 Å². The number of β-amino-alcohol motifs (C(OH)–C–C–N with tert-alkyl or cyclic N) is 1. The van der Waals surface area contributed by atoms with Gasteiger partial charge in [0.25, 0.3) is 0 Å². The highest BCUT2D eigenvalue weighted by molar-refractivity contribution is 5.73. The van der Waals surface area contributed by atoms with Gasteiger partial charge in [0.15, 0.2) is 0 Å². The normalized spacial score (nSPS) is 23.6. The molecule has 1 saturated carbocycles. The second-order valence-corrected chi connectivity index (χ2v) is 7.05. The molecule has 0 aromatic rings. The van der Waals surface area contributed by atoms with Crippen molar-refractivity contribution in [3.63, 3.8) is 0 Å². The largest absolute Gasteiger partial charge is 0.390 e. The first-order valence-electron chi connectivity index (χ1n) is 8.45. The molecule has 0 radical (unpaired) electrons. The van der Waals surface area contributed by atoms with Crippen molar-refractivity contribution in [3.05, 3.63) is 0 Å². The van der Waals surface area contributed by atoms with Crippen LogP contribution in [-0.2, 0) is 0 Å². The lowest BCUT2D eigenvalue weighted by Gasteiger charge is -2.31. The molecule has 1 aliphatic carbocycles. The molecule has 1 aliphatic heterocycles. The van der Waals surface area contributed by atoms with Gasteiger partial charge in [-0.05, 0) is 56.5 Å². The minimum atomic E-state index is -0.481. The van der Waals surface area contributed by atoms with Crippen LogP contribution in [0.1, 0.15) is 46.0 Å². The number of carbonyl (C=O) groups excluding carboxylic acids is 1. The fourth-order valence-corrected chi connectivity index (χ4v) is 2.98. The highest BCUT2D eigenvalue weighted by Gasteiger charge is 2.40. The van der Waals surface area contributed by atoms with Crippen molar-refractivity contribution in [1.82, 2.24) is 15.5 Å². The van der Waals surface area contributed by atoms with Gasteiger partial charge in [0.2, 0.25) is 0 Å². The second-order valence-electron chi connectivity index (χ2n) is 7.05. The summed E-state index contributed by atoms with van der Waals surface area (Å²) in [4.78, 5) is 14.0. The number of piperidine rings is 1. The van der Waals surface area contributed by atoms with Crippen molar-refractivity contribution in [3.8, 4) is 0 Å². The molecule has 21 heavy (non-hydrogen) atoms. The summed E-state index contributed by atoms with van der Waals surface area (Å²) in [6.45, 7) is 8.32. The molecule has 1 saturated heterocycles. The molecule has 2 rings (SSSR count). The maximum absolute atomic E-state index is 11.7. The van der Waals surface area contributed by atoms with E-state index < -0.39 is 6.10 Å². The standard InChI is InChI=1S/C16H31N3O2/c1-3-16(6-7-16)12-18-15(21)17-10-14(20)11-19-8-4-13(2)5-9-19/h13-14,20H,3-12H2,1-2H3,(H2,17,18,21). The number of aliphatic hydroxyl groups is 1. The van der Waals surface area contributed by atoms with Crippen molar-refractivity contribution < 1.29 is 9.90 Å². The van der Waals surface area contributed by atoms with Crippen LogP contribution < -0.4 is 10.6 Å². The third-order valence-electron chi connectivity index (χ3n) is 5.17. The summed E-state index contributed by atoms with van der Waals surface area (Å²) >= 11 is 0. The molecular weight excluding hydrogens is 266 g/mol. The first-order valence-corrected chi connectivity index (χ1v) is 8.45. The van der Waals surface area contributed by atoms with E-state index in [0.29, 0.717) is 18.5 Å². The van der Waals surface area contributed by atoms with Crippen LogP contribution in [0.15, 0.2) is 0 Å². The number of carbonyl (C=O) groups is 1. The monoisotopic (exact) mass is 297 g/mol. The zero-order valence-electron chi connectivity index (χ0n) is 13.5. The Morgan fingerprint density at radius 1 is 1.33 bits per heavy atom. The molecule has 2 amide bonds. The Balaban J connectivity index is 1.55. The van der Waals surface area contributed by atoms with Crippen molar-refractivity contribution in [2.24, 2.45) is 11.3 Å². The molecule has 1 unspecified atom stereocenters. The van der Waals surface area contributed by atoms with E-state index in [4.69, 9.17) is 0 Å². The summed E-state index contributed by atoms with van der Waals surface area (Å²) in [6, 6.07) is -0.152. The molecule has 5 heteroatoms. The summed E-state index contributed by atoms with van der Waals surface area (Å²) in [6.07, 6.45) is 5.51. The van der Waals surface area contributed by atoms with E-state index in [-0.39, 0.29) is 6.03 Å². The highest BCUT2D eigenvalue weighted by Crippen LogP contribution is 2.47. The summed E-state index contributed by atoms with van der Waals surface area (Å²) in [5, 5.41) is 15.7. The lowest BCUT2D eigenvalue weighted by molar-refractivity contribution is 0.0920. The van der Waals surface area contributed by atoms with E-state index in [9.17, 15) is 9.90 Å². The SMILES string of the molecule is CCC1(CNC(=O)NCC(O)CN2CCC(C)CC2)CC1. The third kappa shape index (κ3) is 5.47. The van der Waals surface area contributed by atoms with Gasteiger partial charge in [-0.15, -0.1) is 0 Å².